The first-order valence-electron chi connectivity index (χ1n) is 5.64. The molecule has 0 rings (SSSR count). The summed E-state index contributed by atoms with van der Waals surface area (Å²) in [6, 6.07) is 0. The van der Waals surface area contributed by atoms with Gasteiger partial charge in [0.25, 0.3) is 0 Å². The summed E-state index contributed by atoms with van der Waals surface area (Å²) in [5.41, 5.74) is 0. The van der Waals surface area contributed by atoms with Gasteiger partial charge < -0.3 is 19.4 Å². The normalized spacial score (nSPS) is 11.9. The third kappa shape index (κ3) is 6.76. The monoisotopic (exact) mass is 234 g/mol. The van der Waals surface area contributed by atoms with Crippen LogP contribution in [0.4, 0.5) is 0 Å². The van der Waals surface area contributed by atoms with Crippen molar-refractivity contribution in [3.8, 4) is 0 Å². The molecule has 16 heavy (non-hydrogen) atoms. The van der Waals surface area contributed by atoms with Crippen molar-refractivity contribution < 1.29 is 24.2 Å². The van der Waals surface area contributed by atoms with E-state index in [-0.39, 0.29) is 25.7 Å². The van der Waals surface area contributed by atoms with Gasteiger partial charge in [-0.15, -0.1) is 0 Å². The van der Waals surface area contributed by atoms with Crippen LogP contribution in [0.2, 0.25) is 0 Å². The highest BCUT2D eigenvalue weighted by Crippen LogP contribution is 2.03. The van der Waals surface area contributed by atoms with Crippen molar-refractivity contribution in [2.45, 2.75) is 13.8 Å². The minimum Gasteiger partial charge on any atom is -0.461 e. The number of hydrogen-bond acceptors (Lipinski definition) is 4. The van der Waals surface area contributed by atoms with Crippen molar-refractivity contribution in [1.82, 2.24) is 0 Å². The van der Waals surface area contributed by atoms with Crippen LogP contribution in [-0.4, -0.2) is 67.2 Å². The summed E-state index contributed by atoms with van der Waals surface area (Å²) in [5.74, 6) is 0.0384. The first-order valence-corrected chi connectivity index (χ1v) is 5.64. The van der Waals surface area contributed by atoms with Gasteiger partial charge >= 0.3 is 5.97 Å². The fourth-order valence-electron chi connectivity index (χ4n) is 1.37. The van der Waals surface area contributed by atoms with Gasteiger partial charge in [0, 0.05) is 0 Å². The van der Waals surface area contributed by atoms with Gasteiger partial charge in [-0.1, -0.05) is 13.8 Å². The number of ether oxygens (including phenoxy) is 1. The molecule has 0 unspecified atom stereocenters. The Hall–Kier alpha value is -0.650. The van der Waals surface area contributed by atoms with E-state index in [9.17, 15) is 4.79 Å². The number of nitrogens with zero attached hydrogens (tertiary/aromatic N) is 1. The van der Waals surface area contributed by atoms with Crippen molar-refractivity contribution in [2.75, 3.05) is 46.5 Å². The molecule has 0 aromatic heterocycles. The van der Waals surface area contributed by atoms with E-state index >= 15 is 0 Å². The number of esters is 1. The summed E-state index contributed by atoms with van der Waals surface area (Å²) in [7, 11) is 1.82. The van der Waals surface area contributed by atoms with Crippen LogP contribution in [0.1, 0.15) is 13.8 Å². The Morgan fingerprint density at radius 1 is 1.25 bits per heavy atom. The quantitative estimate of drug-likeness (QED) is 0.444. The molecule has 0 atom stereocenters. The van der Waals surface area contributed by atoms with Gasteiger partial charge in [-0.05, 0) is 5.92 Å². The number of aliphatic hydroxyl groups is 2. The Bertz CT molecular complexity index is 200. The van der Waals surface area contributed by atoms with Gasteiger partial charge in [0.15, 0.2) is 6.54 Å². The molecule has 0 saturated carbocycles. The van der Waals surface area contributed by atoms with Crippen molar-refractivity contribution >= 4 is 5.97 Å². The topological polar surface area (TPSA) is 66.8 Å². The zero-order valence-corrected chi connectivity index (χ0v) is 10.5. The van der Waals surface area contributed by atoms with Gasteiger partial charge in [-0.2, -0.15) is 0 Å². The van der Waals surface area contributed by atoms with Crippen LogP contribution in [0.5, 0.6) is 0 Å². The van der Waals surface area contributed by atoms with Crippen LogP contribution < -0.4 is 0 Å². The van der Waals surface area contributed by atoms with Crippen molar-refractivity contribution in [3.05, 3.63) is 0 Å². The molecule has 5 nitrogen and oxygen atoms in total. The molecular formula is C11H24NO4+. The third-order valence-electron chi connectivity index (χ3n) is 2.37. The summed E-state index contributed by atoms with van der Waals surface area (Å²) >= 11 is 0. The SMILES string of the molecule is CC(C)COC(=O)C[N+](C)(CCO)CCO. The summed E-state index contributed by atoms with van der Waals surface area (Å²) in [6.07, 6.45) is 0. The number of carbonyl (C=O) groups excluding carboxylic acids is 1. The second-order valence-electron chi connectivity index (χ2n) is 4.75. The molecule has 0 bridgehead atoms. The minimum atomic E-state index is -0.280. The number of quaternary nitrogens is 1. The highest BCUT2D eigenvalue weighted by Gasteiger charge is 2.25. The number of carbonyl (C=O) groups is 1. The lowest BCUT2D eigenvalue weighted by Gasteiger charge is -2.32. The lowest BCUT2D eigenvalue weighted by molar-refractivity contribution is -0.903. The maximum absolute atomic E-state index is 11.5. The third-order valence-corrected chi connectivity index (χ3v) is 2.37. The molecule has 0 aromatic rings. The van der Waals surface area contributed by atoms with Gasteiger partial charge in [0.1, 0.15) is 13.1 Å². The van der Waals surface area contributed by atoms with Gasteiger partial charge in [0.2, 0.25) is 0 Å². The van der Waals surface area contributed by atoms with Gasteiger partial charge in [-0.3, -0.25) is 0 Å². The van der Waals surface area contributed by atoms with E-state index in [1.165, 1.54) is 0 Å². The molecule has 0 amide bonds. The molecule has 0 fully saturated rings. The van der Waals surface area contributed by atoms with Crippen molar-refractivity contribution in [1.29, 1.82) is 0 Å². The summed E-state index contributed by atoms with van der Waals surface area (Å²) in [6.45, 7) is 5.42. The molecular weight excluding hydrogens is 210 g/mol. The average molecular weight is 234 g/mol. The predicted molar refractivity (Wildman–Crippen MR) is 60.8 cm³/mol. The largest absolute Gasteiger partial charge is 0.461 e. The molecule has 0 aliphatic heterocycles. The Labute approximate surface area is 97.2 Å². The highest BCUT2D eigenvalue weighted by atomic mass is 16.5. The van der Waals surface area contributed by atoms with E-state index in [0.29, 0.717) is 30.1 Å². The molecule has 0 radical (unpaired) electrons. The Morgan fingerprint density at radius 3 is 2.12 bits per heavy atom. The van der Waals surface area contributed by atoms with E-state index in [1.807, 2.05) is 20.9 Å². The van der Waals surface area contributed by atoms with Crippen molar-refractivity contribution in [3.63, 3.8) is 0 Å². The second kappa shape index (κ2) is 7.60. The first-order chi connectivity index (χ1) is 7.43. The van der Waals surface area contributed by atoms with E-state index in [1.54, 1.807) is 0 Å². The second-order valence-corrected chi connectivity index (χ2v) is 4.75. The standard InChI is InChI=1S/C11H24NO4/c1-10(2)9-16-11(15)8-12(3,4-6-13)5-7-14/h10,13-14H,4-9H2,1-3H3/q+1. The minimum absolute atomic E-state index is 0.00599. The Balaban J connectivity index is 4.12. The molecule has 96 valence electrons. The van der Waals surface area contributed by atoms with Crippen LogP contribution in [0.25, 0.3) is 0 Å². The summed E-state index contributed by atoms with van der Waals surface area (Å²) < 4.78 is 5.38. The van der Waals surface area contributed by atoms with Crippen LogP contribution in [0.15, 0.2) is 0 Å². The molecule has 0 aliphatic carbocycles. The van der Waals surface area contributed by atoms with E-state index < -0.39 is 0 Å². The predicted octanol–water partition coefficient (Wildman–Crippen LogP) is -0.383. The van der Waals surface area contributed by atoms with E-state index in [4.69, 9.17) is 14.9 Å². The van der Waals surface area contributed by atoms with Crippen LogP contribution in [0.3, 0.4) is 0 Å². The molecule has 0 spiro atoms. The lowest BCUT2D eigenvalue weighted by atomic mass is 10.2. The molecule has 2 N–H and O–H groups in total. The number of hydrogen-bond donors (Lipinski definition) is 2. The highest BCUT2D eigenvalue weighted by molar-refractivity contribution is 5.70. The van der Waals surface area contributed by atoms with Crippen LogP contribution in [0, 0.1) is 5.92 Å². The van der Waals surface area contributed by atoms with Gasteiger partial charge in [0.05, 0.1) is 26.9 Å². The summed E-state index contributed by atoms with van der Waals surface area (Å²) in [5, 5.41) is 17.8. The van der Waals surface area contributed by atoms with E-state index in [0.717, 1.165) is 0 Å². The average Bonchev–Trinajstić information content (AvgIpc) is 2.15. The van der Waals surface area contributed by atoms with Crippen LogP contribution in [-0.2, 0) is 9.53 Å². The maximum Gasteiger partial charge on any atom is 0.361 e. The Kier molecular flexibility index (Phi) is 7.29. The Morgan fingerprint density at radius 2 is 1.75 bits per heavy atom. The van der Waals surface area contributed by atoms with Crippen LogP contribution >= 0.6 is 0 Å². The lowest BCUT2D eigenvalue weighted by Crippen LogP contribution is -2.51. The zero-order valence-electron chi connectivity index (χ0n) is 10.5. The summed E-state index contributed by atoms with van der Waals surface area (Å²) in [4.78, 5) is 11.5. The molecule has 0 saturated heterocycles. The maximum atomic E-state index is 11.5. The molecule has 0 aliphatic rings. The fourth-order valence-corrected chi connectivity index (χ4v) is 1.37. The fraction of sp³-hybridized carbons (Fsp3) is 0.909. The number of rotatable bonds is 8. The number of aliphatic hydroxyl groups excluding tert-OH is 2. The van der Waals surface area contributed by atoms with Gasteiger partial charge in [-0.25, -0.2) is 4.79 Å². The smallest absolute Gasteiger partial charge is 0.361 e. The molecule has 0 aromatic carbocycles. The molecule has 0 heterocycles. The number of likely N-dealkylation sites (N-methyl/N-ethyl adjacent to an activating group) is 1. The van der Waals surface area contributed by atoms with Crippen molar-refractivity contribution in [2.24, 2.45) is 5.92 Å². The first kappa shape index (κ1) is 15.3. The molecule has 5 heteroatoms. The zero-order chi connectivity index (χ0) is 12.6. The van der Waals surface area contributed by atoms with E-state index in [2.05, 4.69) is 0 Å².